The van der Waals surface area contributed by atoms with E-state index in [2.05, 4.69) is 19.0 Å². The first-order chi connectivity index (χ1) is 8.63. The average Bonchev–Trinajstić information content (AvgIpc) is 2.70. The van der Waals surface area contributed by atoms with Crippen molar-refractivity contribution in [3.8, 4) is 17.1 Å². The van der Waals surface area contributed by atoms with E-state index in [1.807, 2.05) is 24.3 Å². The molecule has 0 fully saturated rings. The summed E-state index contributed by atoms with van der Waals surface area (Å²) in [6.07, 6.45) is 0.836. The number of nitrogen functional groups attached to an aromatic ring is 1. The van der Waals surface area contributed by atoms with Gasteiger partial charge < -0.3 is 15.0 Å². The van der Waals surface area contributed by atoms with Crippen LogP contribution in [0.25, 0.3) is 11.3 Å². The highest BCUT2D eigenvalue weighted by molar-refractivity contribution is 5.71. The minimum atomic E-state index is 0.463. The first-order valence-corrected chi connectivity index (χ1v) is 6.01. The second-order valence-corrected chi connectivity index (χ2v) is 4.67. The Labute approximate surface area is 107 Å². The molecule has 0 aliphatic rings. The molecule has 0 radical (unpaired) electrons. The Bertz CT molecular complexity index is 532. The number of hydrogen-bond donors (Lipinski definition) is 1. The SMILES string of the molecule is COc1ccccc1-c1onc(N)c1CC(C)C. The molecule has 2 aromatic rings. The second-order valence-electron chi connectivity index (χ2n) is 4.67. The van der Waals surface area contributed by atoms with Crippen LogP contribution in [0.15, 0.2) is 28.8 Å². The molecule has 96 valence electrons. The number of hydrogen-bond acceptors (Lipinski definition) is 4. The van der Waals surface area contributed by atoms with Gasteiger partial charge in [-0.1, -0.05) is 31.1 Å². The molecule has 1 aromatic heterocycles. The third-order valence-electron chi connectivity index (χ3n) is 2.78. The molecule has 0 aliphatic carbocycles. The molecule has 0 saturated carbocycles. The van der Waals surface area contributed by atoms with E-state index in [9.17, 15) is 0 Å². The van der Waals surface area contributed by atoms with Crippen molar-refractivity contribution in [1.82, 2.24) is 5.16 Å². The maximum absolute atomic E-state index is 5.87. The zero-order valence-electron chi connectivity index (χ0n) is 10.9. The fourth-order valence-corrected chi connectivity index (χ4v) is 1.97. The topological polar surface area (TPSA) is 61.3 Å². The van der Waals surface area contributed by atoms with Gasteiger partial charge in [0.05, 0.1) is 12.7 Å². The lowest BCUT2D eigenvalue weighted by Gasteiger charge is -2.08. The van der Waals surface area contributed by atoms with Crippen LogP contribution in [0.2, 0.25) is 0 Å². The van der Waals surface area contributed by atoms with Crippen molar-refractivity contribution in [2.45, 2.75) is 20.3 Å². The number of methoxy groups -OCH3 is 1. The lowest BCUT2D eigenvalue weighted by atomic mass is 9.99. The van der Waals surface area contributed by atoms with Crippen molar-refractivity contribution in [2.24, 2.45) is 5.92 Å². The quantitative estimate of drug-likeness (QED) is 0.900. The molecule has 0 unspecified atom stereocenters. The van der Waals surface area contributed by atoms with Gasteiger partial charge in [-0.3, -0.25) is 0 Å². The summed E-state index contributed by atoms with van der Waals surface area (Å²) in [5.41, 5.74) is 7.71. The Morgan fingerprint density at radius 1 is 1.33 bits per heavy atom. The first kappa shape index (κ1) is 12.5. The molecule has 0 aliphatic heterocycles. The van der Waals surface area contributed by atoms with Gasteiger partial charge in [0.15, 0.2) is 11.6 Å². The molecule has 2 rings (SSSR count). The predicted octanol–water partition coefficient (Wildman–Crippen LogP) is 3.13. The van der Waals surface area contributed by atoms with Gasteiger partial charge >= 0.3 is 0 Å². The monoisotopic (exact) mass is 246 g/mol. The van der Waals surface area contributed by atoms with Crippen LogP contribution in [-0.2, 0) is 6.42 Å². The summed E-state index contributed by atoms with van der Waals surface area (Å²) in [6.45, 7) is 4.27. The zero-order valence-corrected chi connectivity index (χ0v) is 10.9. The van der Waals surface area contributed by atoms with Crippen LogP contribution in [0.3, 0.4) is 0 Å². The van der Waals surface area contributed by atoms with Gasteiger partial charge in [-0.15, -0.1) is 0 Å². The Balaban J connectivity index is 2.50. The van der Waals surface area contributed by atoms with Crippen molar-refractivity contribution < 1.29 is 9.26 Å². The lowest BCUT2D eigenvalue weighted by Crippen LogP contribution is -1.99. The summed E-state index contributed by atoms with van der Waals surface area (Å²) in [6, 6.07) is 7.70. The molecular weight excluding hydrogens is 228 g/mol. The molecule has 18 heavy (non-hydrogen) atoms. The third kappa shape index (κ3) is 2.32. The van der Waals surface area contributed by atoms with Crippen molar-refractivity contribution in [1.29, 1.82) is 0 Å². The van der Waals surface area contributed by atoms with Crippen LogP contribution in [0.5, 0.6) is 5.75 Å². The van der Waals surface area contributed by atoms with Gasteiger partial charge in [0.2, 0.25) is 0 Å². The largest absolute Gasteiger partial charge is 0.496 e. The zero-order chi connectivity index (χ0) is 13.1. The first-order valence-electron chi connectivity index (χ1n) is 6.01. The van der Waals surface area contributed by atoms with Crippen LogP contribution in [-0.4, -0.2) is 12.3 Å². The fourth-order valence-electron chi connectivity index (χ4n) is 1.97. The lowest BCUT2D eigenvalue weighted by molar-refractivity contribution is 0.406. The Hall–Kier alpha value is -1.97. The van der Waals surface area contributed by atoms with Crippen molar-refractivity contribution in [2.75, 3.05) is 12.8 Å². The summed E-state index contributed by atoms with van der Waals surface area (Å²) >= 11 is 0. The maximum Gasteiger partial charge on any atom is 0.175 e. The molecule has 2 N–H and O–H groups in total. The summed E-state index contributed by atoms with van der Waals surface area (Å²) in [7, 11) is 1.64. The second kappa shape index (κ2) is 5.12. The molecule has 0 atom stereocenters. The van der Waals surface area contributed by atoms with Crippen LogP contribution in [0.1, 0.15) is 19.4 Å². The van der Waals surface area contributed by atoms with E-state index in [4.69, 9.17) is 15.0 Å². The third-order valence-corrected chi connectivity index (χ3v) is 2.78. The van der Waals surface area contributed by atoms with Gasteiger partial charge in [0, 0.05) is 5.56 Å². The molecule has 4 nitrogen and oxygen atoms in total. The van der Waals surface area contributed by atoms with Crippen molar-refractivity contribution >= 4 is 5.82 Å². The molecule has 0 bridgehead atoms. The Morgan fingerprint density at radius 2 is 2.06 bits per heavy atom. The minimum absolute atomic E-state index is 0.463. The highest BCUT2D eigenvalue weighted by atomic mass is 16.5. The van der Waals surface area contributed by atoms with Crippen LogP contribution in [0.4, 0.5) is 5.82 Å². The number of ether oxygens (including phenoxy) is 1. The number of rotatable bonds is 4. The normalized spacial score (nSPS) is 10.9. The van der Waals surface area contributed by atoms with Gasteiger partial charge in [-0.05, 0) is 24.5 Å². The predicted molar refractivity (Wildman–Crippen MR) is 71.4 cm³/mol. The molecule has 0 amide bonds. The number of aromatic nitrogens is 1. The van der Waals surface area contributed by atoms with Crippen LogP contribution >= 0.6 is 0 Å². The van der Waals surface area contributed by atoms with E-state index in [0.29, 0.717) is 17.5 Å². The highest BCUT2D eigenvalue weighted by Crippen LogP contribution is 2.35. The number of benzene rings is 1. The number of nitrogens with zero attached hydrogens (tertiary/aromatic N) is 1. The number of nitrogens with two attached hydrogens (primary N) is 1. The Kier molecular flexibility index (Phi) is 3.55. The van der Waals surface area contributed by atoms with Gasteiger partial charge in [-0.2, -0.15) is 0 Å². The van der Waals surface area contributed by atoms with Gasteiger partial charge in [0.25, 0.3) is 0 Å². The maximum atomic E-state index is 5.87. The summed E-state index contributed by atoms with van der Waals surface area (Å²) < 4.78 is 10.7. The van der Waals surface area contributed by atoms with E-state index in [0.717, 1.165) is 23.3 Å². The molecule has 1 aromatic carbocycles. The van der Waals surface area contributed by atoms with E-state index < -0.39 is 0 Å². The number of anilines is 1. The summed E-state index contributed by atoms with van der Waals surface area (Å²) in [5.74, 6) is 2.42. The Morgan fingerprint density at radius 3 is 2.72 bits per heavy atom. The van der Waals surface area contributed by atoms with Crippen LogP contribution < -0.4 is 10.5 Å². The summed E-state index contributed by atoms with van der Waals surface area (Å²) in [5, 5.41) is 3.87. The van der Waals surface area contributed by atoms with Gasteiger partial charge in [0.1, 0.15) is 5.75 Å². The molecular formula is C14H18N2O2. The van der Waals surface area contributed by atoms with E-state index in [1.165, 1.54) is 0 Å². The summed E-state index contributed by atoms with van der Waals surface area (Å²) in [4.78, 5) is 0. The van der Waals surface area contributed by atoms with Gasteiger partial charge in [-0.25, -0.2) is 0 Å². The highest BCUT2D eigenvalue weighted by Gasteiger charge is 2.19. The molecule has 0 saturated heterocycles. The molecule has 1 heterocycles. The van der Waals surface area contributed by atoms with Crippen LogP contribution in [0, 0.1) is 5.92 Å². The fraction of sp³-hybridized carbons (Fsp3) is 0.357. The average molecular weight is 246 g/mol. The molecule has 4 heteroatoms. The van der Waals surface area contributed by atoms with E-state index in [1.54, 1.807) is 7.11 Å². The van der Waals surface area contributed by atoms with E-state index >= 15 is 0 Å². The van der Waals surface area contributed by atoms with Crippen molar-refractivity contribution in [3.63, 3.8) is 0 Å². The standard InChI is InChI=1S/C14H18N2O2/c1-9(2)8-11-13(18-16-14(11)15)10-6-4-5-7-12(10)17-3/h4-7,9H,8H2,1-3H3,(H2,15,16). The smallest absolute Gasteiger partial charge is 0.175 e. The van der Waals surface area contributed by atoms with E-state index in [-0.39, 0.29) is 0 Å². The molecule has 0 spiro atoms. The number of para-hydroxylation sites is 1. The van der Waals surface area contributed by atoms with Crippen molar-refractivity contribution in [3.05, 3.63) is 29.8 Å². The minimum Gasteiger partial charge on any atom is -0.496 e.